The standard InChI is InChI=1S/C29H46N4O2/c1-27(2)23(16-30-25(34)32-28-10-17-3-18(11-28)5-19(4-17)12-28)9-24(27)31-26(35)33-29-13-20-6-21(14-29)8-22(7-20)15-29/h17-24H,3-16H2,1-2H3,(H2,30,32,34)(H2,31,33,35)/t17?,18?,19?,20?,21?,22?,23-,24+,28?,29?/m1/s1. The van der Waals surface area contributed by atoms with Crippen molar-refractivity contribution in [1.29, 1.82) is 0 Å². The van der Waals surface area contributed by atoms with E-state index in [4.69, 9.17) is 0 Å². The molecule has 0 spiro atoms. The van der Waals surface area contributed by atoms with Gasteiger partial charge in [-0.05, 0) is 130 Å². The lowest BCUT2D eigenvalue weighted by Crippen LogP contribution is -2.66. The average Bonchev–Trinajstić information content (AvgIpc) is 2.73. The Balaban J connectivity index is 0.887. The molecule has 6 heteroatoms. The van der Waals surface area contributed by atoms with Crippen molar-refractivity contribution in [2.45, 2.75) is 114 Å². The van der Waals surface area contributed by atoms with E-state index >= 15 is 0 Å². The Bertz CT molecular complexity index is 827. The average molecular weight is 483 g/mol. The van der Waals surface area contributed by atoms with Crippen LogP contribution in [0.2, 0.25) is 0 Å². The van der Waals surface area contributed by atoms with Gasteiger partial charge in [0.05, 0.1) is 0 Å². The number of rotatable bonds is 5. The Labute approximate surface area is 210 Å². The molecule has 0 aliphatic heterocycles. The summed E-state index contributed by atoms with van der Waals surface area (Å²) in [4.78, 5) is 25.9. The predicted octanol–water partition coefficient (Wildman–Crippen LogP) is 4.94. The van der Waals surface area contributed by atoms with Gasteiger partial charge < -0.3 is 21.3 Å². The third kappa shape index (κ3) is 3.96. The molecule has 9 aliphatic rings. The van der Waals surface area contributed by atoms with Gasteiger partial charge in [-0.25, -0.2) is 9.59 Å². The Hall–Kier alpha value is -1.46. The van der Waals surface area contributed by atoms with Crippen LogP contribution in [0.4, 0.5) is 9.59 Å². The second-order valence-electron chi connectivity index (χ2n) is 15.1. The highest BCUT2D eigenvalue weighted by atomic mass is 16.2. The largest absolute Gasteiger partial charge is 0.338 e. The van der Waals surface area contributed by atoms with Gasteiger partial charge in [-0.15, -0.1) is 0 Å². The third-order valence-electron chi connectivity index (χ3n) is 12.1. The first-order valence-electron chi connectivity index (χ1n) is 14.8. The highest BCUT2D eigenvalue weighted by molar-refractivity contribution is 5.76. The molecule has 0 aromatic carbocycles. The molecule has 6 nitrogen and oxygen atoms in total. The fourth-order valence-electron chi connectivity index (χ4n) is 11.1. The van der Waals surface area contributed by atoms with Crippen molar-refractivity contribution in [3.8, 4) is 0 Å². The fourth-order valence-corrected chi connectivity index (χ4v) is 11.1. The van der Waals surface area contributed by atoms with E-state index in [1.807, 2.05) is 0 Å². The zero-order chi connectivity index (χ0) is 24.0. The van der Waals surface area contributed by atoms with Crippen molar-refractivity contribution in [3.05, 3.63) is 0 Å². The molecule has 194 valence electrons. The molecule has 4 N–H and O–H groups in total. The molecule has 0 heterocycles. The van der Waals surface area contributed by atoms with E-state index in [-0.39, 0.29) is 34.6 Å². The first kappa shape index (κ1) is 22.7. The molecule has 0 aromatic heterocycles. The quantitative estimate of drug-likeness (QED) is 0.448. The van der Waals surface area contributed by atoms with Crippen LogP contribution in [0.15, 0.2) is 0 Å². The fraction of sp³-hybridized carbons (Fsp3) is 0.931. The molecular formula is C29H46N4O2. The van der Waals surface area contributed by atoms with Gasteiger partial charge in [-0.3, -0.25) is 0 Å². The molecule has 8 bridgehead atoms. The van der Waals surface area contributed by atoms with Gasteiger partial charge in [0.15, 0.2) is 0 Å². The summed E-state index contributed by atoms with van der Waals surface area (Å²) in [6, 6.07) is 0.240. The third-order valence-corrected chi connectivity index (χ3v) is 12.1. The second-order valence-corrected chi connectivity index (χ2v) is 15.1. The van der Waals surface area contributed by atoms with Crippen LogP contribution in [-0.4, -0.2) is 35.7 Å². The van der Waals surface area contributed by atoms with E-state index in [0.717, 1.165) is 41.9 Å². The molecule has 35 heavy (non-hydrogen) atoms. The summed E-state index contributed by atoms with van der Waals surface area (Å²) in [5, 5.41) is 13.4. The first-order valence-corrected chi connectivity index (χ1v) is 14.8. The maximum atomic E-state index is 13.0. The number of hydrogen-bond acceptors (Lipinski definition) is 2. The number of hydrogen-bond donors (Lipinski definition) is 4. The summed E-state index contributed by atoms with van der Waals surface area (Å²) in [7, 11) is 0. The van der Waals surface area contributed by atoms with E-state index in [1.54, 1.807) is 0 Å². The molecule has 9 fully saturated rings. The normalized spacial score (nSPS) is 49.9. The van der Waals surface area contributed by atoms with E-state index in [1.165, 1.54) is 77.0 Å². The van der Waals surface area contributed by atoms with Gasteiger partial charge in [-0.1, -0.05) is 13.8 Å². The zero-order valence-corrected chi connectivity index (χ0v) is 21.8. The molecule has 4 amide bonds. The lowest BCUT2D eigenvalue weighted by Gasteiger charge is -2.57. The second kappa shape index (κ2) is 7.77. The van der Waals surface area contributed by atoms with Crippen molar-refractivity contribution in [3.63, 3.8) is 0 Å². The van der Waals surface area contributed by atoms with E-state index < -0.39 is 0 Å². The Morgan fingerprint density at radius 3 is 1.43 bits per heavy atom. The monoisotopic (exact) mass is 482 g/mol. The zero-order valence-electron chi connectivity index (χ0n) is 21.8. The molecule has 0 saturated heterocycles. The Morgan fingerprint density at radius 1 is 0.629 bits per heavy atom. The minimum absolute atomic E-state index is 0.00717. The maximum Gasteiger partial charge on any atom is 0.315 e. The van der Waals surface area contributed by atoms with Crippen LogP contribution >= 0.6 is 0 Å². The highest BCUT2D eigenvalue weighted by Crippen LogP contribution is 2.57. The summed E-state index contributed by atoms with van der Waals surface area (Å²) in [5.41, 5.74) is 0.114. The highest BCUT2D eigenvalue weighted by Gasteiger charge is 2.54. The minimum Gasteiger partial charge on any atom is -0.338 e. The summed E-state index contributed by atoms with van der Waals surface area (Å²) >= 11 is 0. The van der Waals surface area contributed by atoms with Gasteiger partial charge in [0.2, 0.25) is 0 Å². The van der Waals surface area contributed by atoms with Crippen LogP contribution < -0.4 is 21.3 Å². The van der Waals surface area contributed by atoms with Crippen molar-refractivity contribution in [1.82, 2.24) is 21.3 Å². The van der Waals surface area contributed by atoms with E-state index in [2.05, 4.69) is 35.1 Å². The van der Waals surface area contributed by atoms with Crippen LogP contribution in [0, 0.1) is 46.8 Å². The number of urea groups is 2. The van der Waals surface area contributed by atoms with Crippen LogP contribution in [0.5, 0.6) is 0 Å². The number of amides is 4. The molecule has 0 aromatic rings. The SMILES string of the molecule is CC1(C)[C@@H](CNC(=O)NC23CC4CC(CC(C4)C2)C3)C[C@@H]1NC(=O)NC12CC3CC(CC(C3)C1)C2. The van der Waals surface area contributed by atoms with Crippen molar-refractivity contribution < 1.29 is 9.59 Å². The number of nitrogens with one attached hydrogen (secondary N) is 4. The molecule has 9 saturated carbocycles. The smallest absolute Gasteiger partial charge is 0.315 e. The summed E-state index contributed by atoms with van der Waals surface area (Å²) < 4.78 is 0. The number of carbonyl (C=O) groups excluding carboxylic acids is 2. The van der Waals surface area contributed by atoms with Gasteiger partial charge in [0.25, 0.3) is 0 Å². The predicted molar refractivity (Wildman–Crippen MR) is 136 cm³/mol. The Morgan fingerprint density at radius 2 is 1.03 bits per heavy atom. The van der Waals surface area contributed by atoms with Crippen LogP contribution in [-0.2, 0) is 0 Å². The summed E-state index contributed by atoms with van der Waals surface area (Å²) in [5.74, 6) is 5.41. The van der Waals surface area contributed by atoms with E-state index in [0.29, 0.717) is 12.5 Å². The van der Waals surface area contributed by atoms with Gasteiger partial charge in [-0.2, -0.15) is 0 Å². The van der Waals surface area contributed by atoms with Crippen molar-refractivity contribution in [2.75, 3.05) is 6.54 Å². The van der Waals surface area contributed by atoms with Gasteiger partial charge in [0, 0.05) is 23.7 Å². The van der Waals surface area contributed by atoms with Gasteiger partial charge >= 0.3 is 12.1 Å². The molecule has 9 rings (SSSR count). The Kier molecular flexibility index (Phi) is 5.04. The van der Waals surface area contributed by atoms with Crippen LogP contribution in [0.3, 0.4) is 0 Å². The van der Waals surface area contributed by atoms with Crippen molar-refractivity contribution in [2.24, 2.45) is 46.8 Å². The van der Waals surface area contributed by atoms with Gasteiger partial charge in [0.1, 0.15) is 0 Å². The molecule has 2 atom stereocenters. The maximum absolute atomic E-state index is 13.0. The molecular weight excluding hydrogens is 436 g/mol. The number of carbonyl (C=O) groups is 2. The molecule has 0 radical (unpaired) electrons. The van der Waals surface area contributed by atoms with Crippen LogP contribution in [0.1, 0.15) is 97.3 Å². The van der Waals surface area contributed by atoms with Crippen molar-refractivity contribution >= 4 is 12.1 Å². The summed E-state index contributed by atoms with van der Waals surface area (Å²) in [6.45, 7) is 5.19. The molecule has 0 unspecified atom stereocenters. The van der Waals surface area contributed by atoms with E-state index in [9.17, 15) is 9.59 Å². The van der Waals surface area contributed by atoms with Crippen LogP contribution in [0.25, 0.3) is 0 Å². The lowest BCUT2D eigenvalue weighted by molar-refractivity contribution is -0.0175. The summed E-state index contributed by atoms with van der Waals surface area (Å²) in [6.07, 6.45) is 16.4. The minimum atomic E-state index is -0.00717. The topological polar surface area (TPSA) is 82.3 Å². The molecule has 9 aliphatic carbocycles. The first-order chi connectivity index (χ1) is 16.7. The lowest BCUT2D eigenvalue weighted by atomic mass is 9.53.